The first-order valence-electron chi connectivity index (χ1n) is 6.44. The highest BCUT2D eigenvalue weighted by molar-refractivity contribution is 5.33. The van der Waals surface area contributed by atoms with E-state index in [9.17, 15) is 0 Å². The van der Waals surface area contributed by atoms with Crippen molar-refractivity contribution in [2.75, 3.05) is 0 Å². The van der Waals surface area contributed by atoms with Crippen LogP contribution in [0.2, 0.25) is 0 Å². The van der Waals surface area contributed by atoms with Crippen LogP contribution in [0.15, 0.2) is 24.3 Å². The molecule has 0 saturated carbocycles. The van der Waals surface area contributed by atoms with Crippen LogP contribution in [0.5, 0.6) is 0 Å². The third kappa shape index (κ3) is 2.09. The molecular formula is C15H22. The normalized spacial score (nSPS) is 24.9. The molecule has 0 N–H and O–H groups in total. The number of rotatable bonds is 3. The van der Waals surface area contributed by atoms with E-state index in [1.807, 2.05) is 0 Å². The molecule has 15 heavy (non-hydrogen) atoms. The summed E-state index contributed by atoms with van der Waals surface area (Å²) < 4.78 is 0. The smallest absolute Gasteiger partial charge is 0.0131 e. The molecule has 1 aliphatic carbocycles. The van der Waals surface area contributed by atoms with Gasteiger partial charge in [-0.25, -0.2) is 0 Å². The maximum atomic E-state index is 2.36. The van der Waals surface area contributed by atoms with E-state index >= 15 is 0 Å². The fraction of sp³-hybridized carbons (Fsp3) is 0.600. The molecule has 1 aromatic rings. The minimum atomic E-state index is 0.838. The first kappa shape index (κ1) is 10.7. The van der Waals surface area contributed by atoms with E-state index in [0.29, 0.717) is 0 Å². The van der Waals surface area contributed by atoms with Crippen LogP contribution in [0.1, 0.15) is 56.6 Å². The highest BCUT2D eigenvalue weighted by atomic mass is 14.3. The van der Waals surface area contributed by atoms with Crippen LogP contribution in [0.4, 0.5) is 0 Å². The SMILES string of the molecule is CCCC1c2ccccc2CCC1CC. The van der Waals surface area contributed by atoms with Crippen LogP contribution in [-0.2, 0) is 6.42 Å². The summed E-state index contributed by atoms with van der Waals surface area (Å²) in [5.41, 5.74) is 3.26. The van der Waals surface area contributed by atoms with E-state index in [2.05, 4.69) is 38.1 Å². The second-order valence-corrected chi connectivity index (χ2v) is 4.80. The van der Waals surface area contributed by atoms with Crippen molar-refractivity contribution in [1.29, 1.82) is 0 Å². The van der Waals surface area contributed by atoms with Crippen molar-refractivity contribution in [3.05, 3.63) is 35.4 Å². The first-order chi connectivity index (χ1) is 7.36. The second kappa shape index (κ2) is 4.83. The van der Waals surface area contributed by atoms with Gasteiger partial charge in [-0.05, 0) is 42.2 Å². The predicted molar refractivity (Wildman–Crippen MR) is 66.2 cm³/mol. The van der Waals surface area contributed by atoms with E-state index < -0.39 is 0 Å². The molecule has 0 aromatic heterocycles. The van der Waals surface area contributed by atoms with Gasteiger partial charge in [-0.1, -0.05) is 51.0 Å². The zero-order valence-corrected chi connectivity index (χ0v) is 10.00. The Hall–Kier alpha value is -0.780. The van der Waals surface area contributed by atoms with Gasteiger partial charge < -0.3 is 0 Å². The lowest BCUT2D eigenvalue weighted by Gasteiger charge is -2.33. The lowest BCUT2D eigenvalue weighted by molar-refractivity contribution is 0.343. The quantitative estimate of drug-likeness (QED) is 0.675. The second-order valence-electron chi connectivity index (χ2n) is 4.80. The number of benzene rings is 1. The van der Waals surface area contributed by atoms with E-state index in [0.717, 1.165) is 11.8 Å². The van der Waals surface area contributed by atoms with Crippen LogP contribution in [0.25, 0.3) is 0 Å². The van der Waals surface area contributed by atoms with Crippen molar-refractivity contribution >= 4 is 0 Å². The highest BCUT2D eigenvalue weighted by Crippen LogP contribution is 2.40. The Labute approximate surface area is 93.7 Å². The zero-order chi connectivity index (χ0) is 10.7. The Kier molecular flexibility index (Phi) is 3.45. The monoisotopic (exact) mass is 202 g/mol. The minimum Gasteiger partial charge on any atom is -0.0654 e. The molecule has 0 aliphatic heterocycles. The largest absolute Gasteiger partial charge is 0.0654 e. The van der Waals surface area contributed by atoms with Gasteiger partial charge in [-0.15, -0.1) is 0 Å². The average Bonchev–Trinajstić information content (AvgIpc) is 2.30. The molecule has 0 amide bonds. The zero-order valence-electron chi connectivity index (χ0n) is 10.00. The van der Waals surface area contributed by atoms with Gasteiger partial charge in [0.1, 0.15) is 0 Å². The summed E-state index contributed by atoms with van der Waals surface area (Å²) in [6, 6.07) is 9.08. The van der Waals surface area contributed by atoms with Crippen LogP contribution in [-0.4, -0.2) is 0 Å². The molecule has 1 aromatic carbocycles. The number of hydrogen-bond acceptors (Lipinski definition) is 0. The molecule has 82 valence electrons. The number of fused-ring (bicyclic) bond motifs is 1. The Bertz CT molecular complexity index is 314. The van der Waals surface area contributed by atoms with Gasteiger partial charge >= 0.3 is 0 Å². The molecule has 0 fully saturated rings. The van der Waals surface area contributed by atoms with E-state index in [-0.39, 0.29) is 0 Å². The van der Waals surface area contributed by atoms with Crippen LogP contribution >= 0.6 is 0 Å². The summed E-state index contributed by atoms with van der Waals surface area (Å²) in [4.78, 5) is 0. The summed E-state index contributed by atoms with van der Waals surface area (Å²) >= 11 is 0. The van der Waals surface area contributed by atoms with Crippen molar-refractivity contribution in [3.63, 3.8) is 0 Å². The van der Waals surface area contributed by atoms with Gasteiger partial charge in [0.05, 0.1) is 0 Å². The van der Waals surface area contributed by atoms with Crippen molar-refractivity contribution in [3.8, 4) is 0 Å². The molecule has 1 aliphatic rings. The Morgan fingerprint density at radius 3 is 2.73 bits per heavy atom. The first-order valence-corrected chi connectivity index (χ1v) is 6.44. The molecular weight excluding hydrogens is 180 g/mol. The molecule has 0 spiro atoms. The van der Waals surface area contributed by atoms with Gasteiger partial charge in [0.2, 0.25) is 0 Å². The van der Waals surface area contributed by atoms with Crippen LogP contribution in [0, 0.1) is 5.92 Å². The fourth-order valence-corrected chi connectivity index (χ4v) is 3.11. The molecule has 2 rings (SSSR count). The third-order valence-corrected chi connectivity index (χ3v) is 3.93. The van der Waals surface area contributed by atoms with Crippen molar-refractivity contribution in [1.82, 2.24) is 0 Å². The average molecular weight is 202 g/mol. The van der Waals surface area contributed by atoms with Crippen LogP contribution in [0.3, 0.4) is 0 Å². The summed E-state index contributed by atoms with van der Waals surface area (Å²) in [5.74, 6) is 1.77. The standard InChI is InChI=1S/C15H22/c1-3-7-14-12(4-2)10-11-13-8-5-6-9-15(13)14/h5-6,8-9,12,14H,3-4,7,10-11H2,1-2H3. The third-order valence-electron chi connectivity index (χ3n) is 3.93. The van der Waals surface area contributed by atoms with E-state index in [1.165, 1.54) is 32.1 Å². The van der Waals surface area contributed by atoms with Gasteiger partial charge in [-0.2, -0.15) is 0 Å². The lowest BCUT2D eigenvalue weighted by atomic mass is 9.72. The predicted octanol–water partition coefficient (Wildman–Crippen LogP) is 4.54. The summed E-state index contributed by atoms with van der Waals surface area (Å²) in [5, 5.41) is 0. The molecule has 2 unspecified atom stereocenters. The number of aryl methyl sites for hydroxylation is 1. The molecule has 0 radical (unpaired) electrons. The van der Waals surface area contributed by atoms with Gasteiger partial charge in [0.25, 0.3) is 0 Å². The minimum absolute atomic E-state index is 0.838. The van der Waals surface area contributed by atoms with Gasteiger partial charge in [0.15, 0.2) is 0 Å². The molecule has 0 nitrogen and oxygen atoms in total. The Morgan fingerprint density at radius 2 is 2.00 bits per heavy atom. The lowest BCUT2D eigenvalue weighted by Crippen LogP contribution is -2.20. The summed E-state index contributed by atoms with van der Waals surface area (Å²) in [7, 11) is 0. The molecule has 0 heterocycles. The number of hydrogen-bond donors (Lipinski definition) is 0. The maximum Gasteiger partial charge on any atom is -0.0131 e. The van der Waals surface area contributed by atoms with E-state index in [1.54, 1.807) is 11.1 Å². The van der Waals surface area contributed by atoms with Gasteiger partial charge in [0, 0.05) is 0 Å². The van der Waals surface area contributed by atoms with Crippen molar-refractivity contribution < 1.29 is 0 Å². The molecule has 2 atom stereocenters. The maximum absolute atomic E-state index is 2.36. The highest BCUT2D eigenvalue weighted by Gasteiger charge is 2.26. The summed E-state index contributed by atoms with van der Waals surface area (Å²) in [6.45, 7) is 4.66. The van der Waals surface area contributed by atoms with Crippen molar-refractivity contribution in [2.24, 2.45) is 5.92 Å². The fourth-order valence-electron chi connectivity index (χ4n) is 3.11. The van der Waals surface area contributed by atoms with Gasteiger partial charge in [-0.3, -0.25) is 0 Å². The Morgan fingerprint density at radius 1 is 1.20 bits per heavy atom. The van der Waals surface area contributed by atoms with Crippen molar-refractivity contribution in [2.45, 2.75) is 51.9 Å². The summed E-state index contributed by atoms with van der Waals surface area (Å²) in [6.07, 6.45) is 6.73. The Balaban J connectivity index is 2.29. The molecule has 0 heteroatoms. The van der Waals surface area contributed by atoms with E-state index in [4.69, 9.17) is 0 Å². The topological polar surface area (TPSA) is 0 Å². The molecule has 0 saturated heterocycles. The molecule has 0 bridgehead atoms. The van der Waals surface area contributed by atoms with Crippen LogP contribution < -0.4 is 0 Å².